The molecule has 5 nitrogen and oxygen atoms in total. The Labute approximate surface area is 123 Å². The summed E-state index contributed by atoms with van der Waals surface area (Å²) in [7, 11) is 2.12. The Kier molecular flexibility index (Phi) is 3.75. The normalized spacial score (nSPS) is 19.0. The van der Waals surface area contributed by atoms with Crippen LogP contribution in [-0.4, -0.2) is 47.1 Å². The molecule has 1 aliphatic rings. The van der Waals surface area contributed by atoms with E-state index in [0.717, 1.165) is 23.9 Å². The molecular formula is C16H19N3O2. The van der Waals surface area contributed by atoms with Crippen LogP contribution in [0.25, 0.3) is 10.8 Å². The first-order chi connectivity index (χ1) is 10.1. The molecule has 1 aromatic carbocycles. The average Bonchev–Trinajstić information content (AvgIpc) is 2.89. The Bertz CT molecular complexity index is 672. The standard InChI is InChI=1S/C16H19N3O2/c1-19-8-4-6-12(19)10-17-15-13-7-3-2-5-11(13)9-14(18-15)16(20)21/h2-3,5,7,9,12H,4,6,8,10H2,1H3,(H,17,18)(H,20,21). The number of benzene rings is 1. The predicted octanol–water partition coefficient (Wildman–Crippen LogP) is 2.44. The van der Waals surface area contributed by atoms with Crippen molar-refractivity contribution in [1.82, 2.24) is 9.88 Å². The highest BCUT2D eigenvalue weighted by molar-refractivity contribution is 5.97. The number of carboxylic acids is 1. The first kappa shape index (κ1) is 13.8. The van der Waals surface area contributed by atoms with Gasteiger partial charge in [0, 0.05) is 18.0 Å². The number of hydrogen-bond acceptors (Lipinski definition) is 4. The molecule has 0 amide bonds. The number of carboxylic acid groups (broad SMARTS) is 1. The summed E-state index contributed by atoms with van der Waals surface area (Å²) < 4.78 is 0. The van der Waals surface area contributed by atoms with Crippen LogP contribution >= 0.6 is 0 Å². The monoisotopic (exact) mass is 285 g/mol. The molecule has 0 aliphatic carbocycles. The minimum absolute atomic E-state index is 0.0796. The van der Waals surface area contributed by atoms with Crippen LogP contribution in [0.5, 0.6) is 0 Å². The summed E-state index contributed by atoms with van der Waals surface area (Å²) in [6.07, 6.45) is 2.38. The highest BCUT2D eigenvalue weighted by atomic mass is 16.4. The number of likely N-dealkylation sites (tertiary alicyclic amines) is 1. The van der Waals surface area contributed by atoms with Crippen LogP contribution in [0.4, 0.5) is 5.82 Å². The van der Waals surface area contributed by atoms with Crippen molar-refractivity contribution in [2.75, 3.05) is 25.5 Å². The van der Waals surface area contributed by atoms with Crippen LogP contribution in [0, 0.1) is 0 Å². The molecule has 110 valence electrons. The number of carbonyl (C=O) groups is 1. The number of fused-ring (bicyclic) bond motifs is 1. The van der Waals surface area contributed by atoms with Gasteiger partial charge in [-0.25, -0.2) is 9.78 Å². The maximum atomic E-state index is 11.2. The van der Waals surface area contributed by atoms with Crippen molar-refractivity contribution in [3.63, 3.8) is 0 Å². The summed E-state index contributed by atoms with van der Waals surface area (Å²) in [6, 6.07) is 9.83. The van der Waals surface area contributed by atoms with Crippen molar-refractivity contribution in [1.29, 1.82) is 0 Å². The lowest BCUT2D eigenvalue weighted by atomic mass is 10.1. The molecule has 3 rings (SSSR count). The number of anilines is 1. The number of hydrogen-bond donors (Lipinski definition) is 2. The van der Waals surface area contributed by atoms with E-state index < -0.39 is 5.97 Å². The van der Waals surface area contributed by atoms with E-state index in [-0.39, 0.29) is 5.69 Å². The van der Waals surface area contributed by atoms with Gasteiger partial charge in [0.15, 0.2) is 5.69 Å². The van der Waals surface area contributed by atoms with Gasteiger partial charge in [0.25, 0.3) is 0 Å². The molecule has 2 aromatic rings. The third-order valence-electron chi connectivity index (χ3n) is 4.14. The van der Waals surface area contributed by atoms with Crippen LogP contribution in [0.2, 0.25) is 0 Å². The molecule has 2 heterocycles. The Balaban J connectivity index is 1.90. The number of aromatic carboxylic acids is 1. The number of nitrogens with one attached hydrogen (secondary N) is 1. The molecule has 5 heteroatoms. The van der Waals surface area contributed by atoms with Gasteiger partial charge in [-0.1, -0.05) is 24.3 Å². The third kappa shape index (κ3) is 2.83. The zero-order valence-corrected chi connectivity index (χ0v) is 12.0. The topological polar surface area (TPSA) is 65.5 Å². The van der Waals surface area contributed by atoms with Gasteiger partial charge in [-0.15, -0.1) is 0 Å². The van der Waals surface area contributed by atoms with E-state index in [9.17, 15) is 9.90 Å². The molecule has 0 radical (unpaired) electrons. The molecule has 1 aliphatic heterocycles. The Morgan fingerprint density at radius 3 is 3.00 bits per heavy atom. The number of aromatic nitrogens is 1. The minimum Gasteiger partial charge on any atom is -0.477 e. The smallest absolute Gasteiger partial charge is 0.354 e. The maximum Gasteiger partial charge on any atom is 0.354 e. The van der Waals surface area contributed by atoms with Crippen molar-refractivity contribution < 1.29 is 9.90 Å². The van der Waals surface area contributed by atoms with Crippen LogP contribution in [0.15, 0.2) is 30.3 Å². The maximum absolute atomic E-state index is 11.2. The van der Waals surface area contributed by atoms with E-state index in [0.29, 0.717) is 11.9 Å². The first-order valence-corrected chi connectivity index (χ1v) is 7.22. The van der Waals surface area contributed by atoms with Gasteiger partial charge in [0.2, 0.25) is 0 Å². The van der Waals surface area contributed by atoms with E-state index in [2.05, 4.69) is 22.2 Å². The van der Waals surface area contributed by atoms with Crippen molar-refractivity contribution in [3.05, 3.63) is 36.0 Å². The lowest BCUT2D eigenvalue weighted by Gasteiger charge is -2.20. The van der Waals surface area contributed by atoms with Crippen molar-refractivity contribution in [3.8, 4) is 0 Å². The quantitative estimate of drug-likeness (QED) is 0.903. The summed E-state index contributed by atoms with van der Waals surface area (Å²) in [5, 5.41) is 14.4. The second-order valence-electron chi connectivity index (χ2n) is 5.54. The second kappa shape index (κ2) is 5.69. The van der Waals surface area contributed by atoms with E-state index in [4.69, 9.17) is 0 Å². The molecule has 1 fully saturated rings. The van der Waals surface area contributed by atoms with Gasteiger partial charge in [0.1, 0.15) is 5.82 Å². The lowest BCUT2D eigenvalue weighted by molar-refractivity contribution is 0.0691. The Hall–Kier alpha value is -2.14. The summed E-state index contributed by atoms with van der Waals surface area (Å²) in [6.45, 7) is 1.91. The van der Waals surface area contributed by atoms with Crippen molar-refractivity contribution in [2.24, 2.45) is 0 Å². The molecule has 0 bridgehead atoms. The largest absolute Gasteiger partial charge is 0.477 e. The van der Waals surface area contributed by atoms with E-state index in [1.807, 2.05) is 24.3 Å². The number of nitrogens with zero attached hydrogens (tertiary/aromatic N) is 2. The first-order valence-electron chi connectivity index (χ1n) is 7.22. The molecule has 1 aromatic heterocycles. The van der Waals surface area contributed by atoms with E-state index >= 15 is 0 Å². The minimum atomic E-state index is -0.998. The average molecular weight is 285 g/mol. The van der Waals surface area contributed by atoms with E-state index in [1.54, 1.807) is 6.07 Å². The summed E-state index contributed by atoms with van der Waals surface area (Å²) in [5.41, 5.74) is 0.0796. The summed E-state index contributed by atoms with van der Waals surface area (Å²) in [4.78, 5) is 17.8. The number of pyridine rings is 1. The predicted molar refractivity (Wildman–Crippen MR) is 82.8 cm³/mol. The van der Waals surface area contributed by atoms with Gasteiger partial charge in [-0.3, -0.25) is 0 Å². The molecule has 1 unspecified atom stereocenters. The van der Waals surface area contributed by atoms with Crippen LogP contribution < -0.4 is 5.32 Å². The Morgan fingerprint density at radius 2 is 2.29 bits per heavy atom. The molecule has 21 heavy (non-hydrogen) atoms. The van der Waals surface area contributed by atoms with Crippen molar-refractivity contribution >= 4 is 22.6 Å². The van der Waals surface area contributed by atoms with Gasteiger partial charge in [-0.05, 0) is 37.9 Å². The number of likely N-dealkylation sites (N-methyl/N-ethyl adjacent to an activating group) is 1. The van der Waals surface area contributed by atoms with Crippen molar-refractivity contribution in [2.45, 2.75) is 18.9 Å². The molecular weight excluding hydrogens is 266 g/mol. The fourth-order valence-corrected chi connectivity index (χ4v) is 2.89. The van der Waals surface area contributed by atoms with Gasteiger partial charge in [-0.2, -0.15) is 0 Å². The number of rotatable bonds is 4. The zero-order chi connectivity index (χ0) is 14.8. The molecule has 1 saturated heterocycles. The summed E-state index contributed by atoms with van der Waals surface area (Å²) in [5.74, 6) is -0.340. The Morgan fingerprint density at radius 1 is 1.48 bits per heavy atom. The molecule has 1 atom stereocenters. The fourth-order valence-electron chi connectivity index (χ4n) is 2.89. The highest BCUT2D eigenvalue weighted by Gasteiger charge is 2.21. The zero-order valence-electron chi connectivity index (χ0n) is 12.0. The van der Waals surface area contributed by atoms with Crippen LogP contribution in [-0.2, 0) is 0 Å². The molecule has 2 N–H and O–H groups in total. The fraction of sp³-hybridized carbons (Fsp3) is 0.375. The van der Waals surface area contributed by atoms with Crippen LogP contribution in [0.1, 0.15) is 23.3 Å². The van der Waals surface area contributed by atoms with Gasteiger partial charge >= 0.3 is 5.97 Å². The lowest BCUT2D eigenvalue weighted by Crippen LogP contribution is -2.31. The SMILES string of the molecule is CN1CCCC1CNc1nc(C(=O)O)cc2ccccc12. The second-order valence-corrected chi connectivity index (χ2v) is 5.54. The van der Waals surface area contributed by atoms with Gasteiger partial charge < -0.3 is 15.3 Å². The molecule has 0 saturated carbocycles. The third-order valence-corrected chi connectivity index (χ3v) is 4.14. The van der Waals surface area contributed by atoms with Crippen LogP contribution in [0.3, 0.4) is 0 Å². The van der Waals surface area contributed by atoms with E-state index in [1.165, 1.54) is 12.8 Å². The molecule has 0 spiro atoms. The van der Waals surface area contributed by atoms with Gasteiger partial charge in [0.05, 0.1) is 0 Å². The summed E-state index contributed by atoms with van der Waals surface area (Å²) >= 11 is 0. The highest BCUT2D eigenvalue weighted by Crippen LogP contribution is 2.23.